The fourth-order valence-corrected chi connectivity index (χ4v) is 3.93. The predicted molar refractivity (Wildman–Crippen MR) is 95.0 cm³/mol. The maximum absolute atomic E-state index is 12.6. The van der Waals surface area contributed by atoms with E-state index in [1.54, 1.807) is 18.5 Å². The highest BCUT2D eigenvalue weighted by molar-refractivity contribution is 5.97. The minimum absolute atomic E-state index is 0.0823. The van der Waals surface area contributed by atoms with E-state index in [-0.39, 0.29) is 17.1 Å². The second-order valence-corrected chi connectivity index (χ2v) is 7.24. The van der Waals surface area contributed by atoms with E-state index in [2.05, 4.69) is 25.1 Å². The molecular weight excluding hydrogens is 332 g/mol. The van der Waals surface area contributed by atoms with Crippen LogP contribution in [0.2, 0.25) is 0 Å². The summed E-state index contributed by atoms with van der Waals surface area (Å²) in [6, 6.07) is 3.37. The molecule has 4 rings (SSSR count). The molecule has 0 unspecified atom stereocenters. The van der Waals surface area contributed by atoms with Crippen molar-refractivity contribution in [3.05, 3.63) is 35.9 Å². The molecule has 2 fully saturated rings. The van der Waals surface area contributed by atoms with E-state index >= 15 is 0 Å². The predicted octanol–water partition coefficient (Wildman–Crippen LogP) is 1.53. The second kappa shape index (κ2) is 6.51. The van der Waals surface area contributed by atoms with Gasteiger partial charge in [0.15, 0.2) is 5.78 Å². The van der Waals surface area contributed by atoms with Crippen LogP contribution >= 0.6 is 0 Å². The Morgan fingerprint density at radius 3 is 2.46 bits per heavy atom. The van der Waals surface area contributed by atoms with Crippen LogP contribution in [0, 0.1) is 5.41 Å². The summed E-state index contributed by atoms with van der Waals surface area (Å²) in [6.07, 6.45) is 6.58. The average molecular weight is 354 g/mol. The molecule has 0 aliphatic carbocycles. The van der Waals surface area contributed by atoms with Crippen molar-refractivity contribution in [2.75, 3.05) is 31.1 Å². The van der Waals surface area contributed by atoms with Crippen molar-refractivity contribution in [2.24, 2.45) is 5.41 Å². The zero-order valence-electron chi connectivity index (χ0n) is 14.8. The van der Waals surface area contributed by atoms with Crippen LogP contribution in [-0.4, -0.2) is 62.9 Å². The number of nitrogens with one attached hydrogen (secondary N) is 1. The number of ketones is 1. The van der Waals surface area contributed by atoms with Gasteiger partial charge in [0.1, 0.15) is 11.4 Å². The van der Waals surface area contributed by atoms with Crippen LogP contribution < -0.4 is 4.90 Å². The van der Waals surface area contributed by atoms with Gasteiger partial charge in [-0.25, -0.2) is 9.97 Å². The topological polar surface area (TPSA) is 95.1 Å². The molecule has 8 heteroatoms. The van der Waals surface area contributed by atoms with Crippen molar-refractivity contribution in [3.8, 4) is 0 Å². The Morgan fingerprint density at radius 2 is 1.81 bits per heavy atom. The Kier molecular flexibility index (Phi) is 4.18. The number of carbonyl (C=O) groups excluding carboxylic acids is 2. The van der Waals surface area contributed by atoms with Gasteiger partial charge in [0.05, 0.1) is 0 Å². The van der Waals surface area contributed by atoms with Crippen molar-refractivity contribution in [1.82, 2.24) is 25.1 Å². The molecule has 1 N–H and O–H groups in total. The summed E-state index contributed by atoms with van der Waals surface area (Å²) in [7, 11) is 0. The summed E-state index contributed by atoms with van der Waals surface area (Å²) in [5.41, 5.74) is 0.919. The number of aromatic nitrogens is 4. The lowest BCUT2D eigenvalue weighted by Gasteiger charge is -2.39. The Bertz CT molecular complexity index is 810. The molecule has 2 aromatic rings. The highest BCUT2D eigenvalue weighted by Crippen LogP contribution is 2.41. The molecule has 0 aromatic carbocycles. The van der Waals surface area contributed by atoms with Gasteiger partial charge in [-0.05, 0) is 36.8 Å². The minimum Gasteiger partial charge on any atom is -0.340 e. The van der Waals surface area contributed by atoms with Gasteiger partial charge in [-0.15, -0.1) is 0 Å². The van der Waals surface area contributed by atoms with Crippen molar-refractivity contribution in [1.29, 1.82) is 0 Å². The van der Waals surface area contributed by atoms with Gasteiger partial charge in [-0.3, -0.25) is 14.7 Å². The van der Waals surface area contributed by atoms with Gasteiger partial charge in [0.25, 0.3) is 5.91 Å². The van der Waals surface area contributed by atoms with Gasteiger partial charge in [0, 0.05) is 45.5 Å². The lowest BCUT2D eigenvalue weighted by molar-refractivity contribution is 0.0604. The molecule has 0 atom stereocenters. The van der Waals surface area contributed by atoms with E-state index in [0.717, 1.165) is 51.4 Å². The fourth-order valence-electron chi connectivity index (χ4n) is 3.93. The average Bonchev–Trinajstić information content (AvgIpc) is 3.31. The van der Waals surface area contributed by atoms with Gasteiger partial charge in [-0.1, -0.05) is 0 Å². The van der Waals surface area contributed by atoms with E-state index in [1.807, 2.05) is 11.0 Å². The molecule has 2 aromatic heterocycles. The first-order valence-corrected chi connectivity index (χ1v) is 8.94. The van der Waals surface area contributed by atoms with E-state index in [1.165, 1.54) is 6.92 Å². The number of piperidine rings is 1. The molecular formula is C18H22N6O2. The number of amides is 1. The van der Waals surface area contributed by atoms with Crippen molar-refractivity contribution in [3.63, 3.8) is 0 Å². The highest BCUT2D eigenvalue weighted by Gasteiger charge is 2.42. The van der Waals surface area contributed by atoms with Crippen LogP contribution in [-0.2, 0) is 0 Å². The summed E-state index contributed by atoms with van der Waals surface area (Å²) in [4.78, 5) is 36.8. The van der Waals surface area contributed by atoms with Crippen LogP contribution in [0.1, 0.15) is 47.2 Å². The summed E-state index contributed by atoms with van der Waals surface area (Å²) in [5, 5.41) is 6.59. The molecule has 1 amide bonds. The van der Waals surface area contributed by atoms with Gasteiger partial charge >= 0.3 is 0 Å². The third kappa shape index (κ3) is 3.07. The summed E-state index contributed by atoms with van der Waals surface area (Å²) in [6.45, 7) is 4.78. The monoisotopic (exact) mass is 354 g/mol. The minimum atomic E-state index is -0.146. The van der Waals surface area contributed by atoms with Crippen LogP contribution in [0.4, 0.5) is 5.95 Å². The number of likely N-dealkylation sites (tertiary alicyclic amines) is 1. The lowest BCUT2D eigenvalue weighted by atomic mass is 9.77. The van der Waals surface area contributed by atoms with E-state index in [4.69, 9.17) is 0 Å². The van der Waals surface area contributed by atoms with E-state index in [0.29, 0.717) is 11.4 Å². The van der Waals surface area contributed by atoms with Crippen LogP contribution in [0.5, 0.6) is 0 Å². The third-order valence-electron chi connectivity index (χ3n) is 5.55. The Morgan fingerprint density at radius 1 is 1.12 bits per heavy atom. The smallest absolute Gasteiger partial charge is 0.271 e. The number of rotatable bonds is 3. The molecule has 8 nitrogen and oxygen atoms in total. The molecule has 2 aliphatic rings. The standard InChI is InChI=1S/C18H22N6O2/c1-13(25)14-11-15(22-21-14)16(26)23-8-3-18(4-9-23)5-10-24(12-18)17-19-6-2-7-20-17/h2,6-7,11H,3-5,8-10,12H2,1H3,(H,21,22). The third-order valence-corrected chi connectivity index (χ3v) is 5.55. The molecule has 0 bridgehead atoms. The van der Waals surface area contributed by atoms with Gasteiger partial charge < -0.3 is 9.80 Å². The maximum atomic E-state index is 12.6. The van der Waals surface area contributed by atoms with Crippen LogP contribution in [0.25, 0.3) is 0 Å². The molecule has 2 aliphatic heterocycles. The van der Waals surface area contributed by atoms with Crippen molar-refractivity contribution < 1.29 is 9.59 Å². The van der Waals surface area contributed by atoms with Gasteiger partial charge in [-0.2, -0.15) is 5.10 Å². The maximum Gasteiger partial charge on any atom is 0.271 e. The van der Waals surface area contributed by atoms with Crippen LogP contribution in [0.15, 0.2) is 24.5 Å². The largest absolute Gasteiger partial charge is 0.340 e. The first-order chi connectivity index (χ1) is 12.6. The van der Waals surface area contributed by atoms with Gasteiger partial charge in [0.2, 0.25) is 5.95 Å². The Hall–Kier alpha value is -2.77. The fraction of sp³-hybridized carbons (Fsp3) is 0.500. The number of hydrogen-bond donors (Lipinski definition) is 1. The quantitative estimate of drug-likeness (QED) is 0.840. The lowest BCUT2D eigenvalue weighted by Crippen LogP contribution is -2.44. The molecule has 136 valence electrons. The van der Waals surface area contributed by atoms with Crippen molar-refractivity contribution in [2.45, 2.75) is 26.2 Å². The second-order valence-electron chi connectivity index (χ2n) is 7.24. The number of hydrogen-bond acceptors (Lipinski definition) is 6. The first kappa shape index (κ1) is 16.7. The zero-order valence-corrected chi connectivity index (χ0v) is 14.8. The Labute approximate surface area is 151 Å². The number of nitrogens with zero attached hydrogens (tertiary/aromatic N) is 5. The molecule has 26 heavy (non-hydrogen) atoms. The number of aromatic amines is 1. The molecule has 0 saturated carbocycles. The normalized spacial score (nSPS) is 19.1. The van der Waals surface area contributed by atoms with E-state index in [9.17, 15) is 9.59 Å². The number of carbonyl (C=O) groups is 2. The van der Waals surface area contributed by atoms with Crippen LogP contribution in [0.3, 0.4) is 0 Å². The first-order valence-electron chi connectivity index (χ1n) is 8.94. The Balaban J connectivity index is 1.38. The highest BCUT2D eigenvalue weighted by atomic mass is 16.2. The zero-order chi connectivity index (χ0) is 18.1. The molecule has 2 saturated heterocycles. The van der Waals surface area contributed by atoms with E-state index < -0.39 is 0 Å². The number of H-pyrrole nitrogens is 1. The van der Waals surface area contributed by atoms with Crippen molar-refractivity contribution >= 4 is 17.6 Å². The molecule has 0 radical (unpaired) electrons. The summed E-state index contributed by atoms with van der Waals surface area (Å²) < 4.78 is 0. The summed E-state index contributed by atoms with van der Waals surface area (Å²) >= 11 is 0. The summed E-state index contributed by atoms with van der Waals surface area (Å²) in [5.74, 6) is 0.560. The molecule has 4 heterocycles. The molecule has 1 spiro atoms. The SMILES string of the molecule is CC(=O)c1cc(C(=O)N2CCC3(CC2)CCN(c2ncccn2)C3)[nH]n1. The number of anilines is 1. The number of Topliss-reactive ketones (excluding diaryl/α,β-unsaturated/α-hetero) is 1.